The second kappa shape index (κ2) is 9.42. The Morgan fingerprint density at radius 1 is 1.03 bits per heavy atom. The van der Waals surface area contributed by atoms with Crippen molar-refractivity contribution in [3.8, 4) is 11.6 Å². The van der Waals surface area contributed by atoms with Gasteiger partial charge in [0, 0.05) is 43.3 Å². The highest BCUT2D eigenvalue weighted by molar-refractivity contribution is 5.67. The molecule has 3 heterocycles. The molecule has 0 aliphatic carbocycles. The van der Waals surface area contributed by atoms with E-state index in [9.17, 15) is 4.79 Å². The number of likely N-dealkylation sites (tertiary alicyclic amines) is 1. The molecule has 1 fully saturated rings. The van der Waals surface area contributed by atoms with Crippen molar-refractivity contribution in [3.05, 3.63) is 66.2 Å². The van der Waals surface area contributed by atoms with Crippen molar-refractivity contribution in [3.63, 3.8) is 0 Å². The number of nitrogens with one attached hydrogen (secondary N) is 1. The van der Waals surface area contributed by atoms with E-state index in [4.69, 9.17) is 9.47 Å². The number of hydrogen-bond donors (Lipinski definition) is 1. The second-order valence-electron chi connectivity index (χ2n) is 7.45. The summed E-state index contributed by atoms with van der Waals surface area (Å²) in [6.45, 7) is 3.26. The Balaban J connectivity index is 1.42. The molecule has 2 aromatic heterocycles. The largest absolute Gasteiger partial charge is 0.453 e. The van der Waals surface area contributed by atoms with Crippen LogP contribution in [0.1, 0.15) is 30.0 Å². The standard InChI is InChI=1S/C23H25N5O3/c1-16-3-8-20(26-15-16)27-18-4-6-19(7-5-18)31-22-21(24-11-12-25-22)17-9-13-28(14-10-17)23(29)30-2/h3-8,11-12,15,17H,9-10,13-14H2,1-2H3,(H,26,27). The van der Waals surface area contributed by atoms with Gasteiger partial charge in [-0.1, -0.05) is 6.07 Å². The minimum absolute atomic E-state index is 0.179. The zero-order chi connectivity index (χ0) is 21.6. The van der Waals surface area contributed by atoms with Gasteiger partial charge in [-0.25, -0.2) is 14.8 Å². The third kappa shape index (κ3) is 5.09. The first-order chi connectivity index (χ1) is 15.1. The lowest BCUT2D eigenvalue weighted by Crippen LogP contribution is -2.38. The quantitative estimate of drug-likeness (QED) is 0.643. The molecule has 1 saturated heterocycles. The predicted octanol–water partition coefficient (Wildman–Crippen LogP) is 4.66. The van der Waals surface area contributed by atoms with Crippen LogP contribution in [0.5, 0.6) is 11.6 Å². The number of hydrogen-bond acceptors (Lipinski definition) is 7. The van der Waals surface area contributed by atoms with E-state index >= 15 is 0 Å². The van der Waals surface area contributed by atoms with Crippen LogP contribution in [-0.2, 0) is 4.74 Å². The molecule has 0 bridgehead atoms. The van der Waals surface area contributed by atoms with Crippen LogP contribution in [0.2, 0.25) is 0 Å². The summed E-state index contributed by atoms with van der Waals surface area (Å²) < 4.78 is 10.9. The summed E-state index contributed by atoms with van der Waals surface area (Å²) >= 11 is 0. The third-order valence-corrected chi connectivity index (χ3v) is 5.26. The van der Waals surface area contributed by atoms with Crippen molar-refractivity contribution in [1.29, 1.82) is 0 Å². The first-order valence-corrected chi connectivity index (χ1v) is 10.2. The zero-order valence-corrected chi connectivity index (χ0v) is 17.6. The number of carbonyl (C=O) groups is 1. The molecule has 0 unspecified atom stereocenters. The van der Waals surface area contributed by atoms with Crippen LogP contribution in [0.25, 0.3) is 0 Å². The number of anilines is 2. The fourth-order valence-electron chi connectivity index (χ4n) is 3.57. The van der Waals surface area contributed by atoms with E-state index in [0.717, 1.165) is 35.6 Å². The highest BCUT2D eigenvalue weighted by atomic mass is 16.5. The number of carbonyl (C=O) groups excluding carboxylic acids is 1. The van der Waals surface area contributed by atoms with Gasteiger partial charge in [0.1, 0.15) is 17.3 Å². The smallest absolute Gasteiger partial charge is 0.409 e. The predicted molar refractivity (Wildman–Crippen MR) is 117 cm³/mol. The molecule has 1 N–H and O–H groups in total. The average molecular weight is 419 g/mol. The van der Waals surface area contributed by atoms with Gasteiger partial charge < -0.3 is 19.7 Å². The number of piperidine rings is 1. The van der Waals surface area contributed by atoms with Crippen molar-refractivity contribution in [1.82, 2.24) is 19.9 Å². The Morgan fingerprint density at radius 2 is 1.77 bits per heavy atom. The molecule has 8 nitrogen and oxygen atoms in total. The third-order valence-electron chi connectivity index (χ3n) is 5.26. The number of amides is 1. The van der Waals surface area contributed by atoms with Gasteiger partial charge in [-0.15, -0.1) is 0 Å². The molecular weight excluding hydrogens is 394 g/mol. The molecule has 8 heteroatoms. The maximum absolute atomic E-state index is 11.7. The van der Waals surface area contributed by atoms with Crippen LogP contribution in [0.4, 0.5) is 16.3 Å². The van der Waals surface area contributed by atoms with E-state index in [1.54, 1.807) is 17.3 Å². The molecule has 0 saturated carbocycles. The monoisotopic (exact) mass is 419 g/mol. The number of aromatic nitrogens is 3. The van der Waals surface area contributed by atoms with Crippen LogP contribution in [0.3, 0.4) is 0 Å². The van der Waals surface area contributed by atoms with E-state index in [-0.39, 0.29) is 12.0 Å². The molecular formula is C23H25N5O3. The molecule has 1 amide bonds. The molecule has 3 aromatic rings. The van der Waals surface area contributed by atoms with E-state index in [1.807, 2.05) is 49.5 Å². The molecule has 160 valence electrons. The maximum atomic E-state index is 11.7. The molecule has 31 heavy (non-hydrogen) atoms. The molecule has 1 aliphatic rings. The van der Waals surface area contributed by atoms with Crippen LogP contribution in [0, 0.1) is 6.92 Å². The highest BCUT2D eigenvalue weighted by Crippen LogP contribution is 2.34. The van der Waals surface area contributed by atoms with Crippen LogP contribution < -0.4 is 10.1 Å². The first kappa shape index (κ1) is 20.6. The average Bonchev–Trinajstić information content (AvgIpc) is 2.82. The van der Waals surface area contributed by atoms with E-state index < -0.39 is 0 Å². The number of aryl methyl sites for hydroxylation is 1. The summed E-state index contributed by atoms with van der Waals surface area (Å²) in [5.74, 6) is 2.14. The molecule has 1 aromatic carbocycles. The summed E-state index contributed by atoms with van der Waals surface area (Å²) in [6, 6.07) is 11.6. The van der Waals surface area contributed by atoms with E-state index in [2.05, 4.69) is 20.3 Å². The lowest BCUT2D eigenvalue weighted by atomic mass is 9.93. The van der Waals surface area contributed by atoms with Gasteiger partial charge in [0.25, 0.3) is 0 Å². The van der Waals surface area contributed by atoms with Crippen molar-refractivity contribution < 1.29 is 14.3 Å². The number of benzene rings is 1. The highest BCUT2D eigenvalue weighted by Gasteiger charge is 2.27. The van der Waals surface area contributed by atoms with Crippen LogP contribution in [-0.4, -0.2) is 46.1 Å². The minimum atomic E-state index is -0.288. The van der Waals surface area contributed by atoms with E-state index in [0.29, 0.717) is 24.7 Å². The van der Waals surface area contributed by atoms with Gasteiger partial charge in [-0.3, -0.25) is 4.98 Å². The molecule has 1 aliphatic heterocycles. The summed E-state index contributed by atoms with van der Waals surface area (Å²) in [4.78, 5) is 26.7. The minimum Gasteiger partial charge on any atom is -0.453 e. The van der Waals surface area contributed by atoms with Gasteiger partial charge in [0.15, 0.2) is 0 Å². The van der Waals surface area contributed by atoms with Crippen molar-refractivity contribution >= 4 is 17.6 Å². The maximum Gasteiger partial charge on any atom is 0.409 e. The number of ether oxygens (including phenoxy) is 2. The van der Waals surface area contributed by atoms with Crippen LogP contribution >= 0.6 is 0 Å². The Morgan fingerprint density at radius 3 is 2.45 bits per heavy atom. The number of rotatable bonds is 5. The van der Waals surface area contributed by atoms with Crippen molar-refractivity contribution in [2.45, 2.75) is 25.7 Å². The molecule has 0 atom stereocenters. The Bertz CT molecular complexity index is 1020. The molecule has 0 spiro atoms. The van der Waals surface area contributed by atoms with Gasteiger partial charge in [0.05, 0.1) is 7.11 Å². The van der Waals surface area contributed by atoms with Crippen molar-refractivity contribution in [2.75, 3.05) is 25.5 Å². The molecule has 0 radical (unpaired) electrons. The van der Waals surface area contributed by atoms with Gasteiger partial charge in [-0.2, -0.15) is 0 Å². The SMILES string of the molecule is COC(=O)N1CCC(c2nccnc2Oc2ccc(Nc3ccc(C)cn3)cc2)CC1. The first-order valence-electron chi connectivity index (χ1n) is 10.2. The van der Waals surface area contributed by atoms with Gasteiger partial charge in [0.2, 0.25) is 5.88 Å². The number of nitrogens with zero attached hydrogens (tertiary/aromatic N) is 4. The zero-order valence-electron chi connectivity index (χ0n) is 17.6. The van der Waals surface area contributed by atoms with Gasteiger partial charge >= 0.3 is 6.09 Å². The lowest BCUT2D eigenvalue weighted by molar-refractivity contribution is 0.112. The summed E-state index contributed by atoms with van der Waals surface area (Å²) in [7, 11) is 1.40. The lowest BCUT2D eigenvalue weighted by Gasteiger charge is -2.30. The van der Waals surface area contributed by atoms with Gasteiger partial charge in [-0.05, 0) is 55.7 Å². The number of methoxy groups -OCH3 is 1. The summed E-state index contributed by atoms with van der Waals surface area (Å²) in [5.41, 5.74) is 2.85. The Hall–Kier alpha value is -3.68. The van der Waals surface area contributed by atoms with Crippen LogP contribution in [0.15, 0.2) is 55.0 Å². The second-order valence-corrected chi connectivity index (χ2v) is 7.45. The Labute approximate surface area is 181 Å². The fraction of sp³-hybridized carbons (Fsp3) is 0.304. The fourth-order valence-corrected chi connectivity index (χ4v) is 3.57. The number of pyridine rings is 1. The summed E-state index contributed by atoms with van der Waals surface area (Å²) in [6.07, 6.45) is 6.42. The van der Waals surface area contributed by atoms with E-state index in [1.165, 1.54) is 7.11 Å². The topological polar surface area (TPSA) is 89.5 Å². The normalized spacial score (nSPS) is 14.2. The Kier molecular flexibility index (Phi) is 6.26. The van der Waals surface area contributed by atoms with Crippen molar-refractivity contribution in [2.24, 2.45) is 0 Å². The molecule has 4 rings (SSSR count). The summed E-state index contributed by atoms with van der Waals surface area (Å²) in [5, 5.41) is 3.27.